The fraction of sp³-hybridized carbons (Fsp3) is 0.688. The number of aromatic nitrogens is 1. The Kier molecular flexibility index (Phi) is 4.19. The lowest BCUT2D eigenvalue weighted by molar-refractivity contribution is -0.0782. The molecule has 4 nitrogen and oxygen atoms in total. The van der Waals surface area contributed by atoms with Gasteiger partial charge in [0.2, 0.25) is 0 Å². The van der Waals surface area contributed by atoms with Crippen LogP contribution < -0.4 is 5.73 Å². The van der Waals surface area contributed by atoms with E-state index >= 15 is 0 Å². The molecule has 1 aliphatic heterocycles. The van der Waals surface area contributed by atoms with Crippen molar-refractivity contribution in [1.82, 2.24) is 9.88 Å². The first-order chi connectivity index (χ1) is 9.22. The van der Waals surface area contributed by atoms with Gasteiger partial charge in [0.25, 0.3) is 0 Å². The number of hydrogen-bond acceptors (Lipinski definition) is 4. The summed E-state index contributed by atoms with van der Waals surface area (Å²) in [7, 11) is 2.11. The molecule has 2 atom stereocenters. The van der Waals surface area contributed by atoms with Crippen molar-refractivity contribution in [2.75, 3.05) is 13.6 Å². The quantitative estimate of drug-likeness (QED) is 0.915. The lowest BCUT2D eigenvalue weighted by Gasteiger charge is -2.31. The Morgan fingerprint density at radius 2 is 1.95 bits per heavy atom. The van der Waals surface area contributed by atoms with E-state index in [2.05, 4.69) is 50.7 Å². The van der Waals surface area contributed by atoms with E-state index in [-0.39, 0.29) is 17.2 Å². The van der Waals surface area contributed by atoms with E-state index in [0.29, 0.717) is 5.92 Å². The minimum absolute atomic E-state index is 0.0451. The standard InChI is InChI=1S/C16H27N3O/c1-15(2)13(14(17)16(3,4)20-15)11-19(5)10-12-8-6-7-9-18-12/h6-9,13-14H,10-11,17H2,1-5H3. The highest BCUT2D eigenvalue weighted by Crippen LogP contribution is 2.41. The van der Waals surface area contributed by atoms with Crippen LogP contribution in [0.4, 0.5) is 0 Å². The molecule has 1 aromatic heterocycles. The normalized spacial score (nSPS) is 27.9. The van der Waals surface area contributed by atoms with Gasteiger partial charge in [0.05, 0.1) is 16.9 Å². The highest BCUT2D eigenvalue weighted by molar-refractivity contribution is 5.06. The van der Waals surface area contributed by atoms with E-state index in [9.17, 15) is 0 Å². The van der Waals surface area contributed by atoms with Gasteiger partial charge in [-0.05, 0) is 46.9 Å². The van der Waals surface area contributed by atoms with E-state index in [1.54, 1.807) is 0 Å². The molecule has 4 heteroatoms. The molecule has 0 aliphatic carbocycles. The zero-order valence-corrected chi connectivity index (χ0v) is 13.3. The first-order valence-corrected chi connectivity index (χ1v) is 7.26. The topological polar surface area (TPSA) is 51.4 Å². The molecule has 20 heavy (non-hydrogen) atoms. The predicted molar refractivity (Wildman–Crippen MR) is 81.3 cm³/mol. The van der Waals surface area contributed by atoms with Crippen LogP contribution >= 0.6 is 0 Å². The van der Waals surface area contributed by atoms with Gasteiger partial charge in [-0.15, -0.1) is 0 Å². The molecule has 0 spiro atoms. The predicted octanol–water partition coefficient (Wildman–Crippen LogP) is 2.04. The summed E-state index contributed by atoms with van der Waals surface area (Å²) in [5, 5.41) is 0. The average Bonchev–Trinajstić information content (AvgIpc) is 2.49. The van der Waals surface area contributed by atoms with Crippen LogP contribution in [0.15, 0.2) is 24.4 Å². The second-order valence-corrected chi connectivity index (χ2v) is 6.96. The van der Waals surface area contributed by atoms with Gasteiger partial charge in [-0.1, -0.05) is 6.07 Å². The molecule has 0 saturated carbocycles. The van der Waals surface area contributed by atoms with Gasteiger partial charge in [-0.3, -0.25) is 4.98 Å². The van der Waals surface area contributed by atoms with Crippen molar-refractivity contribution in [3.8, 4) is 0 Å². The number of ether oxygens (including phenoxy) is 1. The van der Waals surface area contributed by atoms with Crippen molar-refractivity contribution in [3.63, 3.8) is 0 Å². The Morgan fingerprint density at radius 3 is 2.45 bits per heavy atom. The smallest absolute Gasteiger partial charge is 0.0788 e. The largest absolute Gasteiger partial charge is 0.368 e. The van der Waals surface area contributed by atoms with Crippen LogP contribution in [0.5, 0.6) is 0 Å². The summed E-state index contributed by atoms with van der Waals surface area (Å²) in [6.45, 7) is 10.2. The van der Waals surface area contributed by atoms with Crippen molar-refractivity contribution in [2.24, 2.45) is 11.7 Å². The summed E-state index contributed by atoms with van der Waals surface area (Å²) in [4.78, 5) is 6.65. The van der Waals surface area contributed by atoms with Gasteiger partial charge in [0, 0.05) is 31.2 Å². The van der Waals surface area contributed by atoms with Crippen molar-refractivity contribution in [3.05, 3.63) is 30.1 Å². The van der Waals surface area contributed by atoms with Crippen molar-refractivity contribution < 1.29 is 4.74 Å². The monoisotopic (exact) mass is 277 g/mol. The minimum Gasteiger partial charge on any atom is -0.368 e. The van der Waals surface area contributed by atoms with Crippen LogP contribution in [0, 0.1) is 5.92 Å². The molecule has 1 aromatic rings. The van der Waals surface area contributed by atoms with E-state index in [0.717, 1.165) is 18.8 Å². The molecule has 2 unspecified atom stereocenters. The summed E-state index contributed by atoms with van der Waals surface area (Å²) in [5.41, 5.74) is 7.03. The van der Waals surface area contributed by atoms with Crippen molar-refractivity contribution >= 4 is 0 Å². The molecule has 0 amide bonds. The van der Waals surface area contributed by atoms with Crippen LogP contribution in [0.3, 0.4) is 0 Å². The fourth-order valence-corrected chi connectivity index (χ4v) is 3.24. The Balaban J connectivity index is 2.02. The van der Waals surface area contributed by atoms with Gasteiger partial charge in [-0.25, -0.2) is 0 Å². The highest BCUT2D eigenvalue weighted by Gasteiger charge is 2.52. The fourth-order valence-electron chi connectivity index (χ4n) is 3.24. The number of nitrogens with two attached hydrogens (primary N) is 1. The lowest BCUT2D eigenvalue weighted by atomic mass is 9.83. The van der Waals surface area contributed by atoms with Gasteiger partial charge in [0.15, 0.2) is 0 Å². The molecule has 112 valence electrons. The van der Waals surface area contributed by atoms with E-state index in [4.69, 9.17) is 10.5 Å². The number of nitrogens with zero attached hydrogens (tertiary/aromatic N) is 2. The summed E-state index contributed by atoms with van der Waals surface area (Å²) in [6, 6.07) is 6.06. The van der Waals surface area contributed by atoms with Crippen molar-refractivity contribution in [2.45, 2.75) is 51.5 Å². The van der Waals surface area contributed by atoms with Crippen LogP contribution in [-0.2, 0) is 11.3 Å². The highest BCUT2D eigenvalue weighted by atomic mass is 16.5. The second-order valence-electron chi connectivity index (χ2n) is 6.96. The third-order valence-electron chi connectivity index (χ3n) is 4.32. The Labute approximate surface area is 122 Å². The Morgan fingerprint density at radius 1 is 1.25 bits per heavy atom. The van der Waals surface area contributed by atoms with E-state index in [1.165, 1.54) is 0 Å². The van der Waals surface area contributed by atoms with E-state index < -0.39 is 0 Å². The average molecular weight is 277 g/mol. The Bertz CT molecular complexity index is 444. The molecule has 2 heterocycles. The molecular formula is C16H27N3O. The maximum atomic E-state index is 6.41. The molecule has 1 aliphatic rings. The van der Waals surface area contributed by atoms with Gasteiger partial charge in [-0.2, -0.15) is 0 Å². The molecule has 0 bridgehead atoms. The Hall–Kier alpha value is -0.970. The first kappa shape index (κ1) is 15.4. The summed E-state index contributed by atoms with van der Waals surface area (Å²) < 4.78 is 6.14. The second kappa shape index (κ2) is 5.43. The third-order valence-corrected chi connectivity index (χ3v) is 4.32. The molecule has 2 N–H and O–H groups in total. The van der Waals surface area contributed by atoms with Gasteiger partial charge >= 0.3 is 0 Å². The van der Waals surface area contributed by atoms with Crippen molar-refractivity contribution in [1.29, 1.82) is 0 Å². The summed E-state index contributed by atoms with van der Waals surface area (Å²) in [5.74, 6) is 0.311. The van der Waals surface area contributed by atoms with Crippen LogP contribution in [0.25, 0.3) is 0 Å². The van der Waals surface area contributed by atoms with Crippen LogP contribution in [0.1, 0.15) is 33.4 Å². The van der Waals surface area contributed by atoms with Gasteiger partial charge in [0.1, 0.15) is 0 Å². The van der Waals surface area contributed by atoms with E-state index in [1.807, 2.05) is 18.3 Å². The molecule has 1 fully saturated rings. The maximum absolute atomic E-state index is 6.41. The van der Waals surface area contributed by atoms with Gasteiger partial charge < -0.3 is 15.4 Å². The third kappa shape index (κ3) is 3.19. The molecular weight excluding hydrogens is 250 g/mol. The SMILES string of the molecule is CN(Cc1ccccn1)CC1C(N)C(C)(C)OC1(C)C. The molecule has 0 radical (unpaired) electrons. The molecule has 0 aromatic carbocycles. The first-order valence-electron chi connectivity index (χ1n) is 7.26. The lowest BCUT2D eigenvalue weighted by Crippen LogP contribution is -2.47. The van der Waals surface area contributed by atoms with Crippen LogP contribution in [0.2, 0.25) is 0 Å². The number of rotatable bonds is 4. The summed E-state index contributed by atoms with van der Waals surface area (Å²) in [6.07, 6.45) is 1.83. The summed E-state index contributed by atoms with van der Waals surface area (Å²) >= 11 is 0. The number of hydrogen-bond donors (Lipinski definition) is 1. The molecule has 2 rings (SSSR count). The molecule has 1 saturated heterocycles. The zero-order valence-electron chi connectivity index (χ0n) is 13.3. The minimum atomic E-state index is -0.264. The van der Waals surface area contributed by atoms with Crippen LogP contribution in [-0.4, -0.2) is 40.7 Å². The zero-order chi connectivity index (χ0) is 15.0. The maximum Gasteiger partial charge on any atom is 0.0788 e. The number of pyridine rings is 1.